The number of amides is 2. The molecule has 2 aliphatic carbocycles. The standard InChI is InChI=1S/C36H36N6O3/c1-19-23-8-11-29(19)42(18-23)36(44)24-13-28-32(31(15-24)45-3)40(2)34(39-28)30-14-22-7-10-27(38-33(22)41(30)17-20-4-5-20)21-6-9-26-25(12-21)16-37-35(26)43/h6-7,9-10,12-15,19-20,23,29H,4-5,8,11,16-18H2,1-3H3,(H,37,43)/t19-,23?,29?/m1/s1. The number of nitrogens with zero attached hydrogens (tertiary/aromatic N) is 5. The van der Waals surface area contributed by atoms with Gasteiger partial charge in [0.15, 0.2) is 5.82 Å². The van der Waals surface area contributed by atoms with Crippen molar-refractivity contribution >= 4 is 33.9 Å². The van der Waals surface area contributed by atoms with Gasteiger partial charge in [-0.15, -0.1) is 0 Å². The van der Waals surface area contributed by atoms with Crippen LogP contribution in [0.5, 0.6) is 5.75 Å². The lowest BCUT2D eigenvalue weighted by Crippen LogP contribution is -2.38. The Morgan fingerprint density at radius 1 is 1.04 bits per heavy atom. The number of pyridine rings is 1. The number of fused-ring (bicyclic) bond motifs is 5. The first-order valence-corrected chi connectivity index (χ1v) is 16.2. The largest absolute Gasteiger partial charge is 0.494 e. The Morgan fingerprint density at radius 2 is 1.91 bits per heavy atom. The molecule has 1 N–H and O–H groups in total. The molecule has 2 unspecified atom stereocenters. The van der Waals surface area contributed by atoms with Gasteiger partial charge < -0.3 is 24.1 Å². The molecule has 9 nitrogen and oxygen atoms in total. The van der Waals surface area contributed by atoms with E-state index in [9.17, 15) is 9.59 Å². The van der Waals surface area contributed by atoms with E-state index in [0.29, 0.717) is 41.7 Å². The molecular weight excluding hydrogens is 564 g/mol. The summed E-state index contributed by atoms with van der Waals surface area (Å²) in [5.74, 6) is 3.33. The fourth-order valence-electron chi connectivity index (χ4n) is 8.14. The van der Waals surface area contributed by atoms with Crippen LogP contribution in [0, 0.1) is 17.8 Å². The average molecular weight is 601 g/mol. The van der Waals surface area contributed by atoms with Gasteiger partial charge in [0, 0.05) is 54.8 Å². The Morgan fingerprint density at radius 3 is 2.67 bits per heavy atom. The Labute approximate surface area is 261 Å². The number of hydrogen-bond donors (Lipinski definition) is 1. The number of rotatable bonds is 6. The highest BCUT2D eigenvalue weighted by Crippen LogP contribution is 2.44. The van der Waals surface area contributed by atoms with Crippen molar-refractivity contribution in [3.63, 3.8) is 0 Å². The van der Waals surface area contributed by atoms with Crippen molar-refractivity contribution in [2.24, 2.45) is 24.8 Å². The number of carbonyl (C=O) groups is 2. The van der Waals surface area contributed by atoms with E-state index >= 15 is 0 Å². The molecule has 9 heteroatoms. The number of hydrogen-bond acceptors (Lipinski definition) is 5. The van der Waals surface area contributed by atoms with Crippen LogP contribution < -0.4 is 10.1 Å². The van der Waals surface area contributed by atoms with Gasteiger partial charge in [0.05, 0.1) is 24.0 Å². The quantitative estimate of drug-likeness (QED) is 0.266. The van der Waals surface area contributed by atoms with Crippen LogP contribution in [0.3, 0.4) is 0 Å². The van der Waals surface area contributed by atoms with Crippen LogP contribution in [0.4, 0.5) is 0 Å². The smallest absolute Gasteiger partial charge is 0.254 e. The summed E-state index contributed by atoms with van der Waals surface area (Å²) in [5.41, 5.74) is 7.82. The van der Waals surface area contributed by atoms with Crippen molar-refractivity contribution in [1.29, 1.82) is 0 Å². The van der Waals surface area contributed by atoms with Crippen LogP contribution in [0.1, 0.15) is 58.9 Å². The van der Waals surface area contributed by atoms with Crippen LogP contribution in [-0.4, -0.2) is 55.5 Å². The van der Waals surface area contributed by atoms with Gasteiger partial charge in [0.2, 0.25) is 0 Å². The van der Waals surface area contributed by atoms with Gasteiger partial charge in [0.25, 0.3) is 11.8 Å². The van der Waals surface area contributed by atoms with Crippen molar-refractivity contribution < 1.29 is 14.3 Å². The van der Waals surface area contributed by atoms with Crippen molar-refractivity contribution in [2.75, 3.05) is 13.7 Å². The first-order valence-electron chi connectivity index (χ1n) is 16.2. The molecule has 3 atom stereocenters. The lowest BCUT2D eigenvalue weighted by Gasteiger charge is -2.27. The van der Waals surface area contributed by atoms with Gasteiger partial charge in [-0.3, -0.25) is 9.59 Å². The molecule has 2 amide bonds. The van der Waals surface area contributed by atoms with E-state index in [1.165, 1.54) is 19.3 Å². The zero-order valence-corrected chi connectivity index (χ0v) is 25.8. The van der Waals surface area contributed by atoms with E-state index < -0.39 is 0 Å². The third-order valence-corrected chi connectivity index (χ3v) is 10.9. The third-order valence-electron chi connectivity index (χ3n) is 10.9. The fourth-order valence-corrected chi connectivity index (χ4v) is 8.14. The second kappa shape index (κ2) is 9.67. The number of piperidine rings is 1. The average Bonchev–Trinajstić information content (AvgIpc) is 3.26. The van der Waals surface area contributed by atoms with Crippen LogP contribution in [0.25, 0.3) is 44.8 Å². The molecule has 9 rings (SSSR count). The van der Waals surface area contributed by atoms with Gasteiger partial charge >= 0.3 is 0 Å². The summed E-state index contributed by atoms with van der Waals surface area (Å²) < 4.78 is 10.3. The lowest BCUT2D eigenvalue weighted by molar-refractivity contribution is 0.0695. The molecule has 228 valence electrons. The summed E-state index contributed by atoms with van der Waals surface area (Å²) in [6.45, 7) is 4.55. The third kappa shape index (κ3) is 4.05. The predicted molar refractivity (Wildman–Crippen MR) is 172 cm³/mol. The van der Waals surface area contributed by atoms with E-state index in [1.807, 2.05) is 31.3 Å². The number of likely N-dealkylation sites (tertiary alicyclic amines) is 1. The van der Waals surface area contributed by atoms with Gasteiger partial charge in [-0.2, -0.15) is 0 Å². The van der Waals surface area contributed by atoms with Gasteiger partial charge in [-0.05, 0) is 91.5 Å². The zero-order valence-electron chi connectivity index (χ0n) is 25.8. The molecule has 2 bridgehead atoms. The molecule has 2 saturated carbocycles. The minimum absolute atomic E-state index is 0.0175. The summed E-state index contributed by atoms with van der Waals surface area (Å²) in [7, 11) is 3.68. The van der Waals surface area contributed by atoms with E-state index in [-0.39, 0.29) is 11.8 Å². The number of carbonyl (C=O) groups excluding carboxylic acids is 2. The number of nitrogens with one attached hydrogen (secondary N) is 1. The molecule has 3 aromatic heterocycles. The second-order valence-corrected chi connectivity index (χ2v) is 13.5. The maximum atomic E-state index is 13.8. The number of methoxy groups -OCH3 is 1. The molecule has 4 aliphatic rings. The summed E-state index contributed by atoms with van der Waals surface area (Å²) in [4.78, 5) is 38.3. The number of ether oxygens (including phenoxy) is 1. The van der Waals surface area contributed by atoms with E-state index in [1.54, 1.807) is 7.11 Å². The van der Waals surface area contributed by atoms with Crippen molar-refractivity contribution in [2.45, 2.75) is 51.7 Å². The maximum absolute atomic E-state index is 13.8. The summed E-state index contributed by atoms with van der Waals surface area (Å²) in [6.07, 6.45) is 4.74. The zero-order chi connectivity index (χ0) is 30.6. The lowest BCUT2D eigenvalue weighted by atomic mass is 10.0. The highest BCUT2D eigenvalue weighted by atomic mass is 16.5. The normalized spacial score (nSPS) is 22.1. The minimum Gasteiger partial charge on any atom is -0.494 e. The Hall–Kier alpha value is -4.66. The molecule has 45 heavy (non-hydrogen) atoms. The topological polar surface area (TPSA) is 94.3 Å². The fraction of sp³-hybridized carbons (Fsp3) is 0.389. The predicted octanol–water partition coefficient (Wildman–Crippen LogP) is 5.79. The van der Waals surface area contributed by atoms with E-state index in [2.05, 4.69) is 50.5 Å². The molecule has 5 heterocycles. The first kappa shape index (κ1) is 26.7. The summed E-state index contributed by atoms with van der Waals surface area (Å²) in [6, 6.07) is 16.5. The number of aryl methyl sites for hydroxylation is 1. The van der Waals surface area contributed by atoms with Gasteiger partial charge in [-0.1, -0.05) is 13.0 Å². The number of aromatic nitrogens is 4. The van der Waals surface area contributed by atoms with E-state index in [0.717, 1.165) is 75.5 Å². The van der Waals surface area contributed by atoms with Gasteiger partial charge in [0.1, 0.15) is 16.9 Å². The van der Waals surface area contributed by atoms with Crippen molar-refractivity contribution in [3.8, 4) is 28.5 Å². The SMILES string of the molecule is COc1cc(C(=O)N2CC3CCC2[C@@H]3C)cc2nc(-c3cc4ccc(-c5ccc6c(c5)CNC6=O)nc4n3CC3CC3)n(C)c12. The van der Waals surface area contributed by atoms with Crippen molar-refractivity contribution in [3.05, 3.63) is 65.2 Å². The Balaban J connectivity index is 1.15. The highest BCUT2D eigenvalue weighted by molar-refractivity contribution is 6.01. The van der Waals surface area contributed by atoms with Crippen LogP contribution in [-0.2, 0) is 20.1 Å². The van der Waals surface area contributed by atoms with Crippen molar-refractivity contribution in [1.82, 2.24) is 29.3 Å². The molecular formula is C36H36N6O3. The number of imidazole rings is 1. The summed E-state index contributed by atoms with van der Waals surface area (Å²) in [5, 5.41) is 3.96. The molecule has 0 radical (unpaired) electrons. The minimum atomic E-state index is -0.0175. The first-order chi connectivity index (χ1) is 21.9. The monoisotopic (exact) mass is 600 g/mol. The van der Waals surface area contributed by atoms with Gasteiger partial charge in [-0.25, -0.2) is 9.97 Å². The van der Waals surface area contributed by atoms with Crippen LogP contribution in [0.2, 0.25) is 0 Å². The molecule has 2 aromatic carbocycles. The summed E-state index contributed by atoms with van der Waals surface area (Å²) >= 11 is 0. The molecule has 5 aromatic rings. The molecule has 0 spiro atoms. The second-order valence-electron chi connectivity index (χ2n) is 13.5. The highest BCUT2D eigenvalue weighted by Gasteiger charge is 2.46. The van der Waals surface area contributed by atoms with Crippen LogP contribution >= 0.6 is 0 Å². The number of benzene rings is 2. The Kier molecular flexibility index (Phi) is 5.74. The molecule has 2 aliphatic heterocycles. The van der Waals surface area contributed by atoms with Crippen LogP contribution in [0.15, 0.2) is 48.5 Å². The molecule has 1 saturated heterocycles. The Bertz CT molecular complexity index is 2070. The molecule has 3 fully saturated rings. The maximum Gasteiger partial charge on any atom is 0.254 e. The van der Waals surface area contributed by atoms with E-state index in [4.69, 9.17) is 14.7 Å².